The van der Waals surface area contributed by atoms with Crippen LogP contribution in [0.2, 0.25) is 0 Å². The molecular weight excluding hydrogens is 292 g/mol. The molecule has 0 aliphatic heterocycles. The molecule has 1 saturated carbocycles. The van der Waals surface area contributed by atoms with Gasteiger partial charge in [0.15, 0.2) is 0 Å². The van der Waals surface area contributed by atoms with E-state index in [2.05, 4.69) is 20.5 Å². The number of amides is 1. The second-order valence-corrected chi connectivity index (χ2v) is 6.90. The second-order valence-electron chi connectivity index (χ2n) is 6.90. The largest absolute Gasteiger partial charge is 0.444 e. The molecule has 1 aliphatic carbocycles. The third-order valence-corrected chi connectivity index (χ3v) is 3.97. The summed E-state index contributed by atoms with van der Waals surface area (Å²) in [6.07, 6.45) is 7.08. The van der Waals surface area contributed by atoms with Crippen LogP contribution in [0.15, 0.2) is 30.7 Å². The number of carbonyl (C=O) groups excluding carboxylic acids is 1. The highest BCUT2D eigenvalue weighted by Gasteiger charge is 2.35. The van der Waals surface area contributed by atoms with Crippen molar-refractivity contribution in [2.75, 3.05) is 0 Å². The molecule has 0 spiro atoms. The van der Waals surface area contributed by atoms with Crippen LogP contribution in [0.4, 0.5) is 4.79 Å². The van der Waals surface area contributed by atoms with E-state index in [9.17, 15) is 4.79 Å². The molecule has 3 rings (SSSR count). The van der Waals surface area contributed by atoms with E-state index < -0.39 is 5.60 Å². The van der Waals surface area contributed by atoms with Crippen LogP contribution >= 0.6 is 0 Å². The van der Waals surface area contributed by atoms with E-state index in [0.717, 1.165) is 29.7 Å². The fourth-order valence-electron chi connectivity index (χ4n) is 2.69. The van der Waals surface area contributed by atoms with Gasteiger partial charge < -0.3 is 10.1 Å². The Hall–Kier alpha value is -2.37. The molecule has 0 aromatic carbocycles. The van der Waals surface area contributed by atoms with Gasteiger partial charge in [-0.25, -0.2) is 4.79 Å². The molecule has 6 nitrogen and oxygen atoms in total. The SMILES string of the molecule is CC(C)(C)OC(=O)NC1CCC1c1ccc(-c2cn[nH]c2)cn1. The Morgan fingerprint density at radius 2 is 2.09 bits per heavy atom. The number of carbonyl (C=O) groups is 1. The highest BCUT2D eigenvalue weighted by Crippen LogP contribution is 2.36. The zero-order valence-electron chi connectivity index (χ0n) is 13.7. The summed E-state index contributed by atoms with van der Waals surface area (Å²) in [4.78, 5) is 16.4. The molecule has 2 aromatic heterocycles. The Morgan fingerprint density at radius 1 is 1.26 bits per heavy atom. The molecule has 1 amide bonds. The van der Waals surface area contributed by atoms with E-state index >= 15 is 0 Å². The third-order valence-electron chi connectivity index (χ3n) is 3.97. The fourth-order valence-corrected chi connectivity index (χ4v) is 2.69. The quantitative estimate of drug-likeness (QED) is 0.911. The van der Waals surface area contributed by atoms with Gasteiger partial charge >= 0.3 is 6.09 Å². The first-order valence-corrected chi connectivity index (χ1v) is 7.87. The number of pyridine rings is 1. The first-order valence-electron chi connectivity index (χ1n) is 7.87. The zero-order valence-corrected chi connectivity index (χ0v) is 13.7. The standard InChI is InChI=1S/C17H22N4O2/c1-17(2,3)23-16(22)21-15-7-5-13(15)14-6-4-11(8-18-14)12-9-19-20-10-12/h4,6,8-10,13,15H,5,7H2,1-3H3,(H,19,20)(H,21,22). The monoisotopic (exact) mass is 314 g/mol. The van der Waals surface area contributed by atoms with Crippen LogP contribution in [0.5, 0.6) is 0 Å². The van der Waals surface area contributed by atoms with Crippen LogP contribution in [0.1, 0.15) is 45.2 Å². The molecule has 122 valence electrons. The Morgan fingerprint density at radius 3 is 2.61 bits per heavy atom. The van der Waals surface area contributed by atoms with Crippen molar-refractivity contribution in [1.29, 1.82) is 0 Å². The predicted molar refractivity (Wildman–Crippen MR) is 87.0 cm³/mol. The summed E-state index contributed by atoms with van der Waals surface area (Å²) in [5, 5.41) is 9.69. The number of nitrogens with one attached hydrogen (secondary N) is 2. The van der Waals surface area contributed by atoms with Crippen molar-refractivity contribution < 1.29 is 9.53 Å². The summed E-state index contributed by atoms with van der Waals surface area (Å²) < 4.78 is 5.32. The van der Waals surface area contributed by atoms with Crippen molar-refractivity contribution in [1.82, 2.24) is 20.5 Å². The first kappa shape index (κ1) is 15.5. The molecule has 2 N–H and O–H groups in total. The Labute approximate surface area is 135 Å². The summed E-state index contributed by atoms with van der Waals surface area (Å²) in [7, 11) is 0. The molecule has 0 bridgehead atoms. The average molecular weight is 314 g/mol. The molecule has 1 fully saturated rings. The minimum absolute atomic E-state index is 0.0946. The Kier molecular flexibility index (Phi) is 4.07. The lowest BCUT2D eigenvalue weighted by Crippen LogP contribution is -2.47. The highest BCUT2D eigenvalue weighted by atomic mass is 16.6. The van der Waals surface area contributed by atoms with Crippen LogP contribution in [0, 0.1) is 0 Å². The predicted octanol–water partition coefficient (Wildman–Crippen LogP) is 3.24. The molecule has 2 heterocycles. The topological polar surface area (TPSA) is 79.9 Å². The van der Waals surface area contributed by atoms with E-state index in [1.807, 2.05) is 45.3 Å². The van der Waals surface area contributed by atoms with E-state index in [4.69, 9.17) is 4.74 Å². The van der Waals surface area contributed by atoms with Gasteiger partial charge in [0.2, 0.25) is 0 Å². The smallest absolute Gasteiger partial charge is 0.407 e. The number of H-pyrrole nitrogens is 1. The summed E-state index contributed by atoms with van der Waals surface area (Å²) in [5.74, 6) is 0.251. The van der Waals surface area contributed by atoms with Crippen molar-refractivity contribution in [2.45, 2.75) is 51.2 Å². The number of hydrogen-bond donors (Lipinski definition) is 2. The molecule has 2 aromatic rings. The molecule has 1 aliphatic rings. The van der Waals surface area contributed by atoms with Gasteiger partial charge in [0.1, 0.15) is 5.60 Å². The number of rotatable bonds is 3. The molecule has 2 atom stereocenters. The van der Waals surface area contributed by atoms with Gasteiger partial charge in [0, 0.05) is 41.2 Å². The van der Waals surface area contributed by atoms with E-state index in [1.165, 1.54) is 0 Å². The average Bonchev–Trinajstić information content (AvgIpc) is 2.97. The van der Waals surface area contributed by atoms with Gasteiger partial charge in [-0.1, -0.05) is 6.07 Å². The molecule has 0 radical (unpaired) electrons. The lowest BCUT2D eigenvalue weighted by Gasteiger charge is -2.37. The molecule has 2 unspecified atom stereocenters. The van der Waals surface area contributed by atoms with Crippen LogP contribution < -0.4 is 5.32 Å². The summed E-state index contributed by atoms with van der Waals surface area (Å²) >= 11 is 0. The minimum Gasteiger partial charge on any atom is -0.444 e. The van der Waals surface area contributed by atoms with Gasteiger partial charge in [-0.3, -0.25) is 10.1 Å². The lowest BCUT2D eigenvalue weighted by molar-refractivity contribution is 0.0465. The summed E-state index contributed by atoms with van der Waals surface area (Å²) in [6.45, 7) is 5.59. The number of hydrogen-bond acceptors (Lipinski definition) is 4. The van der Waals surface area contributed by atoms with E-state index in [0.29, 0.717) is 0 Å². The molecule has 0 saturated heterocycles. The number of aromatic nitrogens is 3. The van der Waals surface area contributed by atoms with Gasteiger partial charge in [0.05, 0.1) is 6.20 Å². The number of aromatic amines is 1. The molecule has 23 heavy (non-hydrogen) atoms. The van der Waals surface area contributed by atoms with Gasteiger partial charge in [0.25, 0.3) is 0 Å². The van der Waals surface area contributed by atoms with Gasteiger partial charge in [-0.05, 0) is 39.7 Å². The van der Waals surface area contributed by atoms with Gasteiger partial charge in [-0.15, -0.1) is 0 Å². The van der Waals surface area contributed by atoms with Crippen molar-refractivity contribution in [2.24, 2.45) is 0 Å². The summed E-state index contributed by atoms with van der Waals surface area (Å²) in [5.41, 5.74) is 2.57. The van der Waals surface area contributed by atoms with Crippen molar-refractivity contribution in [3.8, 4) is 11.1 Å². The molecular formula is C17H22N4O2. The van der Waals surface area contributed by atoms with Crippen LogP contribution in [-0.4, -0.2) is 32.9 Å². The minimum atomic E-state index is -0.478. The lowest BCUT2D eigenvalue weighted by atomic mass is 9.77. The first-order chi connectivity index (χ1) is 10.9. The van der Waals surface area contributed by atoms with E-state index in [-0.39, 0.29) is 18.1 Å². The van der Waals surface area contributed by atoms with Crippen LogP contribution in [0.3, 0.4) is 0 Å². The number of ether oxygens (including phenoxy) is 1. The summed E-state index contributed by atoms with van der Waals surface area (Å²) in [6, 6.07) is 4.16. The second kappa shape index (κ2) is 6.02. The third kappa shape index (κ3) is 3.70. The van der Waals surface area contributed by atoms with Crippen molar-refractivity contribution >= 4 is 6.09 Å². The maximum atomic E-state index is 11.9. The van der Waals surface area contributed by atoms with Gasteiger partial charge in [-0.2, -0.15) is 5.10 Å². The van der Waals surface area contributed by atoms with Crippen LogP contribution in [-0.2, 0) is 4.74 Å². The zero-order chi connectivity index (χ0) is 16.4. The van der Waals surface area contributed by atoms with Crippen molar-refractivity contribution in [3.63, 3.8) is 0 Å². The number of alkyl carbamates (subject to hydrolysis) is 1. The van der Waals surface area contributed by atoms with Crippen LogP contribution in [0.25, 0.3) is 11.1 Å². The molecule has 6 heteroatoms. The number of nitrogens with zero attached hydrogens (tertiary/aromatic N) is 2. The normalized spacial score (nSPS) is 20.7. The highest BCUT2D eigenvalue weighted by molar-refractivity contribution is 5.68. The van der Waals surface area contributed by atoms with E-state index in [1.54, 1.807) is 6.20 Å². The Balaban J connectivity index is 1.62. The fraction of sp³-hybridized carbons (Fsp3) is 0.471. The maximum absolute atomic E-state index is 11.9. The van der Waals surface area contributed by atoms with Crippen molar-refractivity contribution in [3.05, 3.63) is 36.4 Å². The Bertz CT molecular complexity index is 659. The maximum Gasteiger partial charge on any atom is 0.407 e.